The molecule has 0 bridgehead atoms. The highest BCUT2D eigenvalue weighted by Gasteiger charge is 2.35. The molecular weight excluding hydrogens is 340 g/mol. The van der Waals surface area contributed by atoms with Gasteiger partial charge in [-0.15, -0.1) is 0 Å². The molecule has 138 valence electrons. The van der Waals surface area contributed by atoms with Gasteiger partial charge in [-0.2, -0.15) is 4.31 Å². The molecule has 0 unspecified atom stereocenters. The molecule has 1 amide bonds. The van der Waals surface area contributed by atoms with Crippen LogP contribution in [0.3, 0.4) is 0 Å². The van der Waals surface area contributed by atoms with Gasteiger partial charge in [-0.3, -0.25) is 4.79 Å². The predicted octanol–water partition coefficient (Wildman–Crippen LogP) is 1.95. The summed E-state index contributed by atoms with van der Waals surface area (Å²) in [5, 5.41) is 0. The van der Waals surface area contributed by atoms with Crippen molar-refractivity contribution in [2.75, 3.05) is 33.3 Å². The topological polar surface area (TPSA) is 66.9 Å². The molecule has 1 aliphatic heterocycles. The standard InChI is InChI=1S/C18H26N2O4S/c1-13-12-17(14(2)11-16(13)24-3)25(22,23)20-8-4-7-19(9-10-20)18(21)15-5-6-15/h11-12,15H,4-10H2,1-3H3. The average Bonchev–Trinajstić information content (AvgIpc) is 3.42. The van der Waals surface area contributed by atoms with Gasteiger partial charge in [-0.05, 0) is 56.4 Å². The maximum Gasteiger partial charge on any atom is 0.243 e. The van der Waals surface area contributed by atoms with Crippen molar-refractivity contribution in [2.24, 2.45) is 5.92 Å². The van der Waals surface area contributed by atoms with Crippen molar-refractivity contribution in [2.45, 2.75) is 38.0 Å². The summed E-state index contributed by atoms with van der Waals surface area (Å²) in [7, 11) is -2.00. The van der Waals surface area contributed by atoms with Gasteiger partial charge in [-0.1, -0.05) is 0 Å². The van der Waals surface area contributed by atoms with Crippen LogP contribution in [0.1, 0.15) is 30.4 Å². The number of nitrogens with zero attached hydrogens (tertiary/aromatic N) is 2. The number of benzene rings is 1. The molecule has 6 nitrogen and oxygen atoms in total. The van der Waals surface area contributed by atoms with E-state index >= 15 is 0 Å². The van der Waals surface area contributed by atoms with Crippen LogP contribution in [0.2, 0.25) is 0 Å². The fourth-order valence-corrected chi connectivity index (χ4v) is 5.10. The first-order valence-electron chi connectivity index (χ1n) is 8.78. The summed E-state index contributed by atoms with van der Waals surface area (Å²) >= 11 is 0. The van der Waals surface area contributed by atoms with E-state index in [2.05, 4.69) is 0 Å². The van der Waals surface area contributed by atoms with Crippen molar-refractivity contribution in [3.63, 3.8) is 0 Å². The van der Waals surface area contributed by atoms with Gasteiger partial charge in [0.25, 0.3) is 0 Å². The zero-order valence-corrected chi connectivity index (χ0v) is 15.9. The predicted molar refractivity (Wildman–Crippen MR) is 95.1 cm³/mol. The molecule has 1 aromatic rings. The van der Waals surface area contributed by atoms with Crippen LogP contribution in [-0.4, -0.2) is 56.8 Å². The number of rotatable bonds is 4. The average molecular weight is 366 g/mol. The number of carbonyl (C=O) groups excluding carboxylic acids is 1. The van der Waals surface area contributed by atoms with E-state index in [9.17, 15) is 13.2 Å². The molecule has 2 aliphatic rings. The molecule has 1 heterocycles. The Bertz CT molecular complexity index is 772. The highest BCUT2D eigenvalue weighted by atomic mass is 32.2. The SMILES string of the molecule is COc1cc(C)c(S(=O)(=O)N2CCCN(C(=O)C3CC3)CC2)cc1C. The number of hydrogen-bond donors (Lipinski definition) is 0. The molecule has 1 aromatic carbocycles. The number of amides is 1. The maximum atomic E-state index is 13.1. The van der Waals surface area contributed by atoms with Gasteiger partial charge in [0, 0.05) is 32.1 Å². The highest BCUT2D eigenvalue weighted by Crippen LogP contribution is 2.32. The summed E-state index contributed by atoms with van der Waals surface area (Å²) in [6.45, 7) is 5.54. The van der Waals surface area contributed by atoms with E-state index < -0.39 is 10.0 Å². The minimum Gasteiger partial charge on any atom is -0.496 e. The summed E-state index contributed by atoms with van der Waals surface area (Å²) in [6.07, 6.45) is 2.62. The molecule has 7 heteroatoms. The molecule has 0 radical (unpaired) electrons. The lowest BCUT2D eigenvalue weighted by Gasteiger charge is -2.23. The quantitative estimate of drug-likeness (QED) is 0.817. The molecule has 1 aliphatic carbocycles. The van der Waals surface area contributed by atoms with Crippen molar-refractivity contribution in [1.82, 2.24) is 9.21 Å². The van der Waals surface area contributed by atoms with Crippen LogP contribution in [0.5, 0.6) is 5.75 Å². The van der Waals surface area contributed by atoms with Crippen LogP contribution in [0.25, 0.3) is 0 Å². The number of hydrogen-bond acceptors (Lipinski definition) is 4. The van der Waals surface area contributed by atoms with E-state index in [-0.39, 0.29) is 11.8 Å². The van der Waals surface area contributed by atoms with Crippen LogP contribution in [0.15, 0.2) is 17.0 Å². The Morgan fingerprint density at radius 3 is 2.44 bits per heavy atom. The van der Waals surface area contributed by atoms with Crippen LogP contribution >= 0.6 is 0 Å². The molecule has 0 atom stereocenters. The number of methoxy groups -OCH3 is 1. The summed E-state index contributed by atoms with van der Waals surface area (Å²) in [6, 6.07) is 3.45. The molecule has 25 heavy (non-hydrogen) atoms. The first-order chi connectivity index (χ1) is 11.8. The second kappa shape index (κ2) is 6.96. The third-order valence-electron chi connectivity index (χ3n) is 5.00. The van der Waals surface area contributed by atoms with Crippen molar-refractivity contribution < 1.29 is 17.9 Å². The van der Waals surface area contributed by atoms with Crippen LogP contribution in [0.4, 0.5) is 0 Å². The molecule has 1 saturated heterocycles. The molecule has 1 saturated carbocycles. The minimum absolute atomic E-state index is 0.176. The first-order valence-corrected chi connectivity index (χ1v) is 10.2. The van der Waals surface area contributed by atoms with Crippen molar-refractivity contribution in [1.29, 1.82) is 0 Å². The third-order valence-corrected chi connectivity index (χ3v) is 7.04. The van der Waals surface area contributed by atoms with Gasteiger partial charge < -0.3 is 9.64 Å². The molecule has 2 fully saturated rings. The maximum absolute atomic E-state index is 13.1. The van der Waals surface area contributed by atoms with E-state index in [0.717, 1.165) is 18.4 Å². The summed E-state index contributed by atoms with van der Waals surface area (Å²) in [5.41, 5.74) is 1.48. The van der Waals surface area contributed by atoms with E-state index in [0.29, 0.717) is 48.8 Å². The zero-order valence-electron chi connectivity index (χ0n) is 15.1. The van der Waals surface area contributed by atoms with Gasteiger partial charge in [0.1, 0.15) is 5.75 Å². The van der Waals surface area contributed by atoms with E-state index in [1.165, 1.54) is 4.31 Å². The van der Waals surface area contributed by atoms with Crippen molar-refractivity contribution in [3.05, 3.63) is 23.3 Å². The third kappa shape index (κ3) is 3.67. The lowest BCUT2D eigenvalue weighted by Crippen LogP contribution is -2.38. The second-order valence-electron chi connectivity index (χ2n) is 6.94. The molecule has 0 aromatic heterocycles. The van der Waals surface area contributed by atoms with E-state index in [1.54, 1.807) is 26.2 Å². The van der Waals surface area contributed by atoms with Crippen molar-refractivity contribution in [3.8, 4) is 5.75 Å². The van der Waals surface area contributed by atoms with Gasteiger partial charge in [-0.25, -0.2) is 8.42 Å². The molecule has 0 spiro atoms. The fourth-order valence-electron chi connectivity index (χ4n) is 3.34. The van der Waals surface area contributed by atoms with Gasteiger partial charge in [0.2, 0.25) is 15.9 Å². The fraction of sp³-hybridized carbons (Fsp3) is 0.611. The lowest BCUT2D eigenvalue weighted by atomic mass is 10.1. The van der Waals surface area contributed by atoms with Crippen LogP contribution in [0, 0.1) is 19.8 Å². The summed E-state index contributed by atoms with van der Waals surface area (Å²) in [4.78, 5) is 14.4. The van der Waals surface area contributed by atoms with Crippen molar-refractivity contribution >= 4 is 15.9 Å². The summed E-state index contributed by atoms with van der Waals surface area (Å²) < 4.78 is 33.0. The first kappa shape index (κ1) is 18.2. The normalized spacial score (nSPS) is 19.6. The number of sulfonamides is 1. The van der Waals surface area contributed by atoms with E-state index in [1.807, 2.05) is 11.8 Å². The second-order valence-corrected chi connectivity index (χ2v) is 8.85. The monoisotopic (exact) mass is 366 g/mol. The van der Waals surface area contributed by atoms with Gasteiger partial charge in [0.05, 0.1) is 12.0 Å². The number of ether oxygens (including phenoxy) is 1. The van der Waals surface area contributed by atoms with Crippen LogP contribution in [-0.2, 0) is 14.8 Å². The highest BCUT2D eigenvalue weighted by molar-refractivity contribution is 7.89. The Morgan fingerprint density at radius 1 is 1.08 bits per heavy atom. The number of aryl methyl sites for hydroxylation is 2. The molecule has 0 N–H and O–H groups in total. The van der Waals surface area contributed by atoms with Crippen LogP contribution < -0.4 is 4.74 Å². The smallest absolute Gasteiger partial charge is 0.243 e. The Labute approximate surface area is 149 Å². The summed E-state index contributed by atoms with van der Waals surface area (Å²) in [5.74, 6) is 1.05. The van der Waals surface area contributed by atoms with Gasteiger partial charge in [0.15, 0.2) is 0 Å². The number of carbonyl (C=O) groups is 1. The zero-order chi connectivity index (χ0) is 18.2. The van der Waals surface area contributed by atoms with Gasteiger partial charge >= 0.3 is 0 Å². The Balaban J connectivity index is 1.80. The lowest BCUT2D eigenvalue weighted by molar-refractivity contribution is -0.132. The van der Waals surface area contributed by atoms with E-state index in [4.69, 9.17) is 4.74 Å². The Kier molecular flexibility index (Phi) is 5.06. The largest absolute Gasteiger partial charge is 0.496 e. The molecule has 3 rings (SSSR count). The Hall–Kier alpha value is -1.60. The molecular formula is C18H26N2O4S. The minimum atomic E-state index is -3.58. The Morgan fingerprint density at radius 2 is 1.80 bits per heavy atom.